The molecule has 0 aliphatic heterocycles. The first-order valence-corrected chi connectivity index (χ1v) is 6.18. The summed E-state index contributed by atoms with van der Waals surface area (Å²) in [6, 6.07) is 0. The summed E-state index contributed by atoms with van der Waals surface area (Å²) in [5.74, 6) is -0.395. The van der Waals surface area contributed by atoms with Gasteiger partial charge in [0.1, 0.15) is 11.7 Å². The molecule has 0 aromatic heterocycles. The lowest BCUT2D eigenvalue weighted by atomic mass is 9.89. The predicted octanol–water partition coefficient (Wildman–Crippen LogP) is 2.20. The molecular weight excluding hydrogens is 232 g/mol. The SMILES string of the molecule is C=C(C)C(=O)OC1CC1(C)OC(C)(C)C(C)(C)O. The van der Waals surface area contributed by atoms with E-state index in [0.717, 1.165) is 0 Å². The van der Waals surface area contributed by atoms with Crippen molar-refractivity contribution in [2.24, 2.45) is 0 Å². The molecule has 4 heteroatoms. The first-order valence-electron chi connectivity index (χ1n) is 6.18. The zero-order chi connectivity index (χ0) is 14.4. The molecule has 1 fully saturated rings. The summed E-state index contributed by atoms with van der Waals surface area (Å²) in [4.78, 5) is 11.4. The van der Waals surface area contributed by atoms with Crippen molar-refractivity contribution in [3.8, 4) is 0 Å². The topological polar surface area (TPSA) is 55.8 Å². The van der Waals surface area contributed by atoms with Crippen LogP contribution in [0.2, 0.25) is 0 Å². The summed E-state index contributed by atoms with van der Waals surface area (Å²) >= 11 is 0. The van der Waals surface area contributed by atoms with Gasteiger partial charge in [0.25, 0.3) is 0 Å². The minimum Gasteiger partial charge on any atom is -0.456 e. The standard InChI is InChI=1S/C14H24O4/c1-9(2)11(15)17-10-8-14(10,7)18-13(5,6)12(3,4)16/h10,16H,1,8H2,2-7H3. The molecule has 18 heavy (non-hydrogen) atoms. The second-order valence-corrected chi connectivity index (χ2v) is 6.36. The normalized spacial score (nSPS) is 27.8. The quantitative estimate of drug-likeness (QED) is 0.605. The van der Waals surface area contributed by atoms with Gasteiger partial charge in [-0.15, -0.1) is 0 Å². The molecule has 2 unspecified atom stereocenters. The van der Waals surface area contributed by atoms with Crippen molar-refractivity contribution in [3.05, 3.63) is 12.2 Å². The van der Waals surface area contributed by atoms with Gasteiger partial charge < -0.3 is 14.6 Å². The predicted molar refractivity (Wildman–Crippen MR) is 69.2 cm³/mol. The van der Waals surface area contributed by atoms with E-state index < -0.39 is 22.8 Å². The smallest absolute Gasteiger partial charge is 0.333 e. The Kier molecular flexibility index (Phi) is 3.67. The summed E-state index contributed by atoms with van der Waals surface area (Å²) < 4.78 is 11.2. The highest BCUT2D eigenvalue weighted by Gasteiger charge is 2.59. The van der Waals surface area contributed by atoms with Crippen LogP contribution in [0, 0.1) is 0 Å². The minimum absolute atomic E-state index is 0.261. The lowest BCUT2D eigenvalue weighted by Gasteiger charge is -2.39. The molecule has 1 aliphatic rings. The summed E-state index contributed by atoms with van der Waals surface area (Å²) in [6.07, 6.45) is 0.384. The highest BCUT2D eigenvalue weighted by atomic mass is 16.6. The zero-order valence-corrected chi connectivity index (χ0v) is 12.2. The number of esters is 1. The minimum atomic E-state index is -0.971. The van der Waals surface area contributed by atoms with Gasteiger partial charge in [0.05, 0.1) is 11.2 Å². The lowest BCUT2D eigenvalue weighted by Crippen LogP contribution is -2.50. The fourth-order valence-corrected chi connectivity index (χ4v) is 1.52. The van der Waals surface area contributed by atoms with Gasteiger partial charge in [0.2, 0.25) is 0 Å². The van der Waals surface area contributed by atoms with Crippen LogP contribution in [0.15, 0.2) is 12.2 Å². The third-order valence-corrected chi connectivity index (χ3v) is 3.67. The van der Waals surface area contributed by atoms with Gasteiger partial charge in [-0.05, 0) is 41.5 Å². The van der Waals surface area contributed by atoms with Crippen LogP contribution in [-0.4, -0.2) is 34.0 Å². The Morgan fingerprint density at radius 1 is 1.39 bits per heavy atom. The second kappa shape index (κ2) is 4.35. The third kappa shape index (κ3) is 3.12. The lowest BCUT2D eigenvalue weighted by molar-refractivity contribution is -0.190. The van der Waals surface area contributed by atoms with Crippen molar-refractivity contribution < 1.29 is 19.4 Å². The number of rotatable bonds is 5. The van der Waals surface area contributed by atoms with Gasteiger partial charge in [-0.3, -0.25) is 0 Å². The van der Waals surface area contributed by atoms with Crippen LogP contribution in [-0.2, 0) is 14.3 Å². The summed E-state index contributed by atoms with van der Waals surface area (Å²) in [6.45, 7) is 14.1. The van der Waals surface area contributed by atoms with Gasteiger partial charge in [0.15, 0.2) is 0 Å². The average molecular weight is 256 g/mol. The molecule has 0 spiro atoms. The Labute approximate surface area is 109 Å². The van der Waals surface area contributed by atoms with Crippen molar-refractivity contribution in [1.29, 1.82) is 0 Å². The summed E-state index contributed by atoms with van der Waals surface area (Å²) in [5.41, 5.74) is -1.83. The van der Waals surface area contributed by atoms with E-state index in [1.54, 1.807) is 20.8 Å². The first-order chi connectivity index (χ1) is 7.89. The molecule has 1 rings (SSSR count). The molecule has 0 heterocycles. The van der Waals surface area contributed by atoms with Crippen molar-refractivity contribution >= 4 is 5.97 Å². The van der Waals surface area contributed by atoms with Gasteiger partial charge in [-0.25, -0.2) is 4.79 Å². The van der Waals surface area contributed by atoms with E-state index in [1.807, 2.05) is 20.8 Å². The number of ether oxygens (including phenoxy) is 2. The molecule has 4 nitrogen and oxygen atoms in total. The fourth-order valence-electron chi connectivity index (χ4n) is 1.52. The third-order valence-electron chi connectivity index (χ3n) is 3.67. The van der Waals surface area contributed by atoms with E-state index in [2.05, 4.69) is 6.58 Å². The van der Waals surface area contributed by atoms with E-state index in [1.165, 1.54) is 0 Å². The highest BCUT2D eigenvalue weighted by molar-refractivity contribution is 5.87. The largest absolute Gasteiger partial charge is 0.456 e. The molecule has 1 saturated carbocycles. The van der Waals surface area contributed by atoms with Crippen molar-refractivity contribution in [2.45, 2.75) is 70.9 Å². The monoisotopic (exact) mass is 256 g/mol. The number of aliphatic hydroxyl groups is 1. The second-order valence-electron chi connectivity index (χ2n) is 6.36. The maximum Gasteiger partial charge on any atom is 0.333 e. The molecular formula is C14H24O4. The van der Waals surface area contributed by atoms with Crippen LogP contribution >= 0.6 is 0 Å². The van der Waals surface area contributed by atoms with Gasteiger partial charge in [-0.1, -0.05) is 6.58 Å². The Hall–Kier alpha value is -0.870. The molecule has 0 bridgehead atoms. The van der Waals surface area contributed by atoms with Crippen molar-refractivity contribution in [2.75, 3.05) is 0 Å². The maximum atomic E-state index is 11.4. The van der Waals surface area contributed by atoms with E-state index in [4.69, 9.17) is 9.47 Å². The van der Waals surface area contributed by atoms with E-state index in [9.17, 15) is 9.90 Å². The number of carbonyl (C=O) groups is 1. The van der Waals surface area contributed by atoms with Gasteiger partial charge in [-0.2, -0.15) is 0 Å². The molecule has 104 valence electrons. The number of carbonyl (C=O) groups excluding carboxylic acids is 1. The zero-order valence-electron chi connectivity index (χ0n) is 12.2. The molecule has 1 aliphatic carbocycles. The Bertz CT molecular complexity index is 364. The Morgan fingerprint density at radius 2 is 1.89 bits per heavy atom. The molecule has 2 atom stereocenters. The number of hydrogen-bond donors (Lipinski definition) is 1. The Balaban J connectivity index is 2.61. The molecule has 0 saturated heterocycles. The van der Waals surface area contributed by atoms with Crippen molar-refractivity contribution in [3.63, 3.8) is 0 Å². The molecule has 0 amide bonds. The van der Waals surface area contributed by atoms with Crippen LogP contribution in [0.1, 0.15) is 48.0 Å². The van der Waals surface area contributed by atoms with Crippen LogP contribution in [0.5, 0.6) is 0 Å². The average Bonchev–Trinajstić information content (AvgIpc) is 2.72. The Morgan fingerprint density at radius 3 is 2.28 bits per heavy atom. The van der Waals surface area contributed by atoms with Gasteiger partial charge in [0, 0.05) is 12.0 Å². The number of hydrogen-bond acceptors (Lipinski definition) is 4. The van der Waals surface area contributed by atoms with Crippen molar-refractivity contribution in [1.82, 2.24) is 0 Å². The van der Waals surface area contributed by atoms with E-state index >= 15 is 0 Å². The van der Waals surface area contributed by atoms with Crippen LogP contribution in [0.4, 0.5) is 0 Å². The van der Waals surface area contributed by atoms with Gasteiger partial charge >= 0.3 is 5.97 Å². The first kappa shape index (κ1) is 15.2. The fraction of sp³-hybridized carbons (Fsp3) is 0.786. The molecule has 0 radical (unpaired) electrons. The summed E-state index contributed by atoms with van der Waals surface area (Å²) in [7, 11) is 0. The highest BCUT2D eigenvalue weighted by Crippen LogP contribution is 2.47. The molecule has 0 aromatic rings. The van der Waals surface area contributed by atoms with Crippen LogP contribution in [0.3, 0.4) is 0 Å². The molecule has 0 aromatic carbocycles. The van der Waals surface area contributed by atoms with Crippen LogP contribution in [0.25, 0.3) is 0 Å². The van der Waals surface area contributed by atoms with E-state index in [-0.39, 0.29) is 6.10 Å². The maximum absolute atomic E-state index is 11.4. The van der Waals surface area contributed by atoms with Crippen LogP contribution < -0.4 is 0 Å². The van der Waals surface area contributed by atoms with E-state index in [0.29, 0.717) is 12.0 Å². The molecule has 1 N–H and O–H groups in total. The summed E-state index contributed by atoms with van der Waals surface area (Å²) in [5, 5.41) is 10.0.